The lowest BCUT2D eigenvalue weighted by Crippen LogP contribution is -2.26. The number of hydrogen-bond acceptors (Lipinski definition) is 2. The predicted octanol–water partition coefficient (Wildman–Crippen LogP) is 4.34. The lowest BCUT2D eigenvalue weighted by molar-refractivity contribution is 0.168. The van der Waals surface area contributed by atoms with Gasteiger partial charge in [-0.1, -0.05) is 36.2 Å². The van der Waals surface area contributed by atoms with Gasteiger partial charge in [-0.05, 0) is 37.6 Å². The van der Waals surface area contributed by atoms with Crippen LogP contribution in [-0.4, -0.2) is 13.2 Å². The highest BCUT2D eigenvalue weighted by molar-refractivity contribution is 6.36. The molecule has 0 saturated heterocycles. The van der Waals surface area contributed by atoms with Crippen molar-refractivity contribution in [1.29, 1.82) is 0 Å². The zero-order valence-corrected chi connectivity index (χ0v) is 11.9. The van der Waals surface area contributed by atoms with Crippen molar-refractivity contribution >= 4 is 23.2 Å². The molecule has 1 unspecified atom stereocenters. The Hall–Kier alpha value is -0.700. The normalized spacial score (nSPS) is 16.9. The van der Waals surface area contributed by atoms with Crippen LogP contribution in [0.25, 0.3) is 0 Å². The summed E-state index contributed by atoms with van der Waals surface area (Å²) >= 11 is 12.5. The molecule has 4 heteroatoms. The molecule has 0 amide bonds. The molecule has 1 heterocycles. The van der Waals surface area contributed by atoms with E-state index in [0.29, 0.717) is 10.0 Å². The van der Waals surface area contributed by atoms with Gasteiger partial charge in [-0.2, -0.15) is 0 Å². The Kier molecular flexibility index (Phi) is 4.93. The van der Waals surface area contributed by atoms with Crippen LogP contribution in [0.5, 0.6) is 0 Å². The Morgan fingerprint density at radius 3 is 2.61 bits per heavy atom. The van der Waals surface area contributed by atoms with Crippen molar-refractivity contribution in [3.8, 4) is 0 Å². The number of hydrogen-bond donors (Lipinski definition) is 1. The van der Waals surface area contributed by atoms with E-state index >= 15 is 0 Å². The molecule has 2 nitrogen and oxygen atoms in total. The quantitative estimate of drug-likeness (QED) is 0.889. The molecule has 0 fully saturated rings. The molecule has 1 aromatic rings. The Labute approximate surface area is 118 Å². The zero-order valence-electron chi connectivity index (χ0n) is 10.4. The highest BCUT2D eigenvalue weighted by Crippen LogP contribution is 2.35. The van der Waals surface area contributed by atoms with E-state index in [1.165, 1.54) is 0 Å². The van der Waals surface area contributed by atoms with E-state index in [-0.39, 0.29) is 6.04 Å². The van der Waals surface area contributed by atoms with Crippen LogP contribution in [0.2, 0.25) is 10.0 Å². The maximum Gasteiger partial charge on any atom is 0.114 e. The molecule has 0 radical (unpaired) electrons. The van der Waals surface area contributed by atoms with Crippen molar-refractivity contribution < 1.29 is 4.74 Å². The number of allylic oxidation sites excluding steroid dienone is 1. The lowest BCUT2D eigenvalue weighted by Gasteiger charge is -2.26. The number of ether oxygens (including phenoxy) is 1. The fourth-order valence-electron chi connectivity index (χ4n) is 2.11. The molecule has 2 rings (SSSR count). The minimum absolute atomic E-state index is 0.0588. The average Bonchev–Trinajstić information content (AvgIpc) is 2.38. The summed E-state index contributed by atoms with van der Waals surface area (Å²) in [5, 5.41) is 4.73. The molecule has 1 N–H and O–H groups in total. The van der Waals surface area contributed by atoms with Crippen LogP contribution in [0, 0.1) is 0 Å². The van der Waals surface area contributed by atoms with Gasteiger partial charge in [-0.3, -0.25) is 0 Å². The third-order valence-electron chi connectivity index (χ3n) is 2.94. The van der Waals surface area contributed by atoms with Crippen LogP contribution in [0.1, 0.15) is 31.4 Å². The molecule has 0 spiro atoms. The van der Waals surface area contributed by atoms with E-state index in [0.717, 1.165) is 37.3 Å². The van der Waals surface area contributed by atoms with E-state index < -0.39 is 0 Å². The third-order valence-corrected chi connectivity index (χ3v) is 3.60. The first-order valence-electron chi connectivity index (χ1n) is 6.24. The summed E-state index contributed by atoms with van der Waals surface area (Å²) in [6.45, 7) is 3.64. The van der Waals surface area contributed by atoms with Crippen molar-refractivity contribution in [3.05, 3.63) is 45.6 Å². The minimum atomic E-state index is -0.0588. The molecular formula is C14H17Cl2NO. The zero-order chi connectivity index (χ0) is 13.0. The van der Waals surface area contributed by atoms with Gasteiger partial charge >= 0.3 is 0 Å². The number of benzene rings is 1. The van der Waals surface area contributed by atoms with Gasteiger partial charge in [0.05, 0.1) is 12.6 Å². The van der Waals surface area contributed by atoms with Gasteiger partial charge in [0.25, 0.3) is 0 Å². The summed E-state index contributed by atoms with van der Waals surface area (Å²) in [5.74, 6) is 0.929. The maximum atomic E-state index is 6.27. The van der Waals surface area contributed by atoms with Crippen LogP contribution in [0.4, 0.5) is 0 Å². The van der Waals surface area contributed by atoms with E-state index in [1.807, 2.05) is 18.2 Å². The summed E-state index contributed by atoms with van der Waals surface area (Å²) in [5.41, 5.74) is 0.899. The molecule has 0 aliphatic carbocycles. The molecule has 98 valence electrons. The van der Waals surface area contributed by atoms with Gasteiger partial charge < -0.3 is 10.1 Å². The van der Waals surface area contributed by atoms with Crippen LogP contribution in [0.3, 0.4) is 0 Å². The molecule has 0 bridgehead atoms. The average molecular weight is 286 g/mol. The van der Waals surface area contributed by atoms with Crippen molar-refractivity contribution in [2.45, 2.75) is 25.8 Å². The van der Waals surface area contributed by atoms with Gasteiger partial charge in [0.2, 0.25) is 0 Å². The van der Waals surface area contributed by atoms with E-state index in [2.05, 4.69) is 18.3 Å². The van der Waals surface area contributed by atoms with Crippen LogP contribution < -0.4 is 5.32 Å². The molecule has 1 atom stereocenters. The second kappa shape index (κ2) is 6.46. The largest absolute Gasteiger partial charge is 0.496 e. The van der Waals surface area contributed by atoms with Crippen molar-refractivity contribution in [2.24, 2.45) is 0 Å². The van der Waals surface area contributed by atoms with Crippen LogP contribution in [0.15, 0.2) is 30.0 Å². The standard InChI is InChI=1S/C14H17Cl2NO/c1-2-17-14(12-8-3-4-9-18-12)13-10(15)6-5-7-11(13)16/h5-8,14,17H,2-4,9H2,1H3. The summed E-state index contributed by atoms with van der Waals surface area (Å²) in [6, 6.07) is 5.51. The predicted molar refractivity (Wildman–Crippen MR) is 76.1 cm³/mol. The van der Waals surface area contributed by atoms with Gasteiger partial charge in [0.15, 0.2) is 0 Å². The lowest BCUT2D eigenvalue weighted by atomic mass is 10.0. The first kappa shape index (κ1) is 13.7. The van der Waals surface area contributed by atoms with E-state index in [4.69, 9.17) is 27.9 Å². The van der Waals surface area contributed by atoms with E-state index in [9.17, 15) is 0 Å². The van der Waals surface area contributed by atoms with Crippen LogP contribution >= 0.6 is 23.2 Å². The van der Waals surface area contributed by atoms with E-state index in [1.54, 1.807) is 0 Å². The minimum Gasteiger partial charge on any atom is -0.496 e. The SMILES string of the molecule is CCNC(C1=CCCCO1)c1c(Cl)cccc1Cl. The molecule has 1 aliphatic rings. The van der Waals surface area contributed by atoms with Gasteiger partial charge in [0.1, 0.15) is 5.76 Å². The van der Waals surface area contributed by atoms with Crippen LogP contribution in [-0.2, 0) is 4.74 Å². The summed E-state index contributed by atoms with van der Waals surface area (Å²) in [6.07, 6.45) is 4.23. The van der Waals surface area contributed by atoms with Gasteiger partial charge in [-0.15, -0.1) is 0 Å². The molecule has 18 heavy (non-hydrogen) atoms. The van der Waals surface area contributed by atoms with Gasteiger partial charge in [0, 0.05) is 15.6 Å². The molecule has 1 aliphatic heterocycles. The topological polar surface area (TPSA) is 21.3 Å². The first-order chi connectivity index (χ1) is 8.74. The molecule has 0 saturated carbocycles. The number of rotatable bonds is 4. The van der Waals surface area contributed by atoms with Crippen molar-refractivity contribution in [1.82, 2.24) is 5.32 Å². The number of halogens is 2. The molecule has 0 aromatic heterocycles. The van der Waals surface area contributed by atoms with Crippen molar-refractivity contribution in [2.75, 3.05) is 13.2 Å². The molecule has 1 aromatic carbocycles. The fraction of sp³-hybridized carbons (Fsp3) is 0.429. The summed E-state index contributed by atoms with van der Waals surface area (Å²) in [4.78, 5) is 0. The fourth-order valence-corrected chi connectivity index (χ4v) is 2.73. The highest BCUT2D eigenvalue weighted by atomic mass is 35.5. The molecular weight excluding hydrogens is 269 g/mol. The second-order valence-electron chi connectivity index (χ2n) is 4.22. The maximum absolute atomic E-state index is 6.27. The highest BCUT2D eigenvalue weighted by Gasteiger charge is 2.23. The summed E-state index contributed by atoms with van der Waals surface area (Å²) in [7, 11) is 0. The summed E-state index contributed by atoms with van der Waals surface area (Å²) < 4.78 is 5.74. The smallest absolute Gasteiger partial charge is 0.114 e. The van der Waals surface area contributed by atoms with Gasteiger partial charge in [-0.25, -0.2) is 0 Å². The second-order valence-corrected chi connectivity index (χ2v) is 5.04. The first-order valence-corrected chi connectivity index (χ1v) is 6.99. The Morgan fingerprint density at radius 1 is 1.33 bits per heavy atom. The Balaban J connectivity index is 2.37. The number of likely N-dealkylation sites (N-methyl/N-ethyl adjacent to an activating group) is 1. The Morgan fingerprint density at radius 2 is 2.06 bits per heavy atom. The Bertz CT molecular complexity index is 425. The monoisotopic (exact) mass is 285 g/mol. The third kappa shape index (κ3) is 3.00. The number of nitrogens with one attached hydrogen (secondary N) is 1. The van der Waals surface area contributed by atoms with Crippen molar-refractivity contribution in [3.63, 3.8) is 0 Å².